The Morgan fingerprint density at radius 2 is 1.79 bits per heavy atom. The highest BCUT2D eigenvalue weighted by molar-refractivity contribution is 7.89. The molecule has 28 heavy (non-hydrogen) atoms. The molecule has 0 saturated carbocycles. The van der Waals surface area contributed by atoms with Crippen LogP contribution < -0.4 is 0 Å². The molecule has 9 heteroatoms. The summed E-state index contributed by atoms with van der Waals surface area (Å²) in [7, 11) is -2.98. The van der Waals surface area contributed by atoms with Gasteiger partial charge in [-0.25, -0.2) is 22.0 Å². The van der Waals surface area contributed by atoms with Crippen LogP contribution in [0, 0.1) is 5.82 Å². The first kappa shape index (κ1) is 20.7. The Bertz CT molecular complexity index is 1000. The molecule has 2 aromatic rings. The lowest BCUT2D eigenvalue weighted by Gasteiger charge is -2.34. The van der Waals surface area contributed by atoms with Crippen LogP contribution in [0.4, 0.5) is 8.78 Å². The van der Waals surface area contributed by atoms with Gasteiger partial charge in [0.15, 0.2) is 0 Å². The van der Waals surface area contributed by atoms with Gasteiger partial charge >= 0.3 is 5.97 Å². The van der Waals surface area contributed by atoms with Crippen LogP contribution in [-0.4, -0.2) is 44.6 Å². The second-order valence-electron chi connectivity index (χ2n) is 6.48. The van der Waals surface area contributed by atoms with Gasteiger partial charge in [-0.1, -0.05) is 29.8 Å². The molecule has 0 aliphatic carbocycles. The zero-order valence-corrected chi connectivity index (χ0v) is 16.6. The minimum absolute atomic E-state index is 0.121. The molecule has 1 fully saturated rings. The average Bonchev–Trinajstić information content (AvgIpc) is 2.67. The molecule has 3 rings (SSSR count). The van der Waals surface area contributed by atoms with Gasteiger partial charge in [0, 0.05) is 42.1 Å². The molecule has 0 spiro atoms. The summed E-state index contributed by atoms with van der Waals surface area (Å²) >= 11 is 6.18. The van der Waals surface area contributed by atoms with Crippen molar-refractivity contribution in [2.45, 2.75) is 23.4 Å². The average molecular weight is 430 g/mol. The van der Waals surface area contributed by atoms with E-state index in [-0.39, 0.29) is 41.4 Å². The largest absolute Gasteiger partial charge is 0.467 e. The number of methoxy groups -OCH3 is 1. The van der Waals surface area contributed by atoms with E-state index in [1.165, 1.54) is 6.07 Å². The van der Waals surface area contributed by atoms with E-state index in [2.05, 4.69) is 4.74 Å². The van der Waals surface area contributed by atoms with Gasteiger partial charge in [0.1, 0.15) is 5.82 Å². The fourth-order valence-corrected chi connectivity index (χ4v) is 5.09. The first-order valence-corrected chi connectivity index (χ1v) is 10.3. The summed E-state index contributed by atoms with van der Waals surface area (Å²) in [5.74, 6) is -1.62. The van der Waals surface area contributed by atoms with Crippen LogP contribution in [0.2, 0.25) is 5.02 Å². The number of hydrogen-bond donors (Lipinski definition) is 0. The zero-order valence-electron chi connectivity index (χ0n) is 15.0. The predicted molar refractivity (Wildman–Crippen MR) is 101 cm³/mol. The van der Waals surface area contributed by atoms with Crippen molar-refractivity contribution in [1.29, 1.82) is 0 Å². The van der Waals surface area contributed by atoms with Gasteiger partial charge in [0.2, 0.25) is 15.7 Å². The van der Waals surface area contributed by atoms with Crippen molar-refractivity contribution < 1.29 is 26.7 Å². The van der Waals surface area contributed by atoms with Gasteiger partial charge in [0.25, 0.3) is 0 Å². The standard InChI is InChI=1S/C19H18ClF2NO4S/c1-27-18(24)19(22)8-10-23(11-9-19)28(25,26)17-7-6-13(21)12-15(17)14-4-2-3-5-16(14)20/h2-7,12H,8-11H2,1H3. The van der Waals surface area contributed by atoms with Crippen LogP contribution in [0.1, 0.15) is 12.8 Å². The van der Waals surface area contributed by atoms with Crippen LogP contribution >= 0.6 is 11.6 Å². The molecule has 0 amide bonds. The van der Waals surface area contributed by atoms with Crippen LogP contribution in [0.5, 0.6) is 0 Å². The Morgan fingerprint density at radius 3 is 2.39 bits per heavy atom. The third kappa shape index (κ3) is 3.76. The summed E-state index contributed by atoms with van der Waals surface area (Å²) in [4.78, 5) is 11.5. The number of hydrogen-bond acceptors (Lipinski definition) is 4. The summed E-state index contributed by atoms with van der Waals surface area (Å²) in [6.45, 7) is -0.402. The van der Waals surface area contributed by atoms with E-state index in [1.54, 1.807) is 24.3 Å². The van der Waals surface area contributed by atoms with Crippen LogP contribution in [0.25, 0.3) is 11.1 Å². The Balaban J connectivity index is 1.98. The number of halogens is 3. The number of rotatable bonds is 4. The topological polar surface area (TPSA) is 63.7 Å². The number of esters is 1. The Morgan fingerprint density at radius 1 is 1.14 bits per heavy atom. The lowest BCUT2D eigenvalue weighted by molar-refractivity contribution is -0.157. The smallest absolute Gasteiger partial charge is 0.343 e. The molecule has 1 aliphatic rings. The maximum atomic E-state index is 14.6. The highest BCUT2D eigenvalue weighted by atomic mass is 35.5. The molecular weight excluding hydrogens is 412 g/mol. The number of carbonyl (C=O) groups is 1. The third-order valence-electron chi connectivity index (χ3n) is 4.79. The zero-order chi connectivity index (χ0) is 20.5. The van der Waals surface area contributed by atoms with Crippen molar-refractivity contribution in [2.24, 2.45) is 0 Å². The van der Waals surface area contributed by atoms with E-state index in [4.69, 9.17) is 11.6 Å². The normalized spacial score (nSPS) is 17.3. The first-order chi connectivity index (χ1) is 13.2. The van der Waals surface area contributed by atoms with Crippen molar-refractivity contribution in [2.75, 3.05) is 20.2 Å². The van der Waals surface area contributed by atoms with Crippen molar-refractivity contribution in [3.63, 3.8) is 0 Å². The van der Waals surface area contributed by atoms with E-state index < -0.39 is 27.5 Å². The van der Waals surface area contributed by atoms with Gasteiger partial charge < -0.3 is 4.74 Å². The van der Waals surface area contributed by atoms with Gasteiger partial charge in [-0.15, -0.1) is 0 Å². The fraction of sp³-hybridized carbons (Fsp3) is 0.316. The monoisotopic (exact) mass is 429 g/mol. The van der Waals surface area contributed by atoms with Gasteiger partial charge in [0.05, 0.1) is 12.0 Å². The predicted octanol–water partition coefficient (Wildman–Crippen LogP) is 3.81. The van der Waals surface area contributed by atoms with E-state index in [0.717, 1.165) is 23.5 Å². The summed E-state index contributed by atoms with van der Waals surface area (Å²) < 4.78 is 60.4. The SMILES string of the molecule is COC(=O)C1(F)CCN(S(=O)(=O)c2ccc(F)cc2-c2ccccc2Cl)CC1. The number of ether oxygens (including phenoxy) is 1. The quantitative estimate of drug-likeness (QED) is 0.693. The lowest BCUT2D eigenvalue weighted by atomic mass is 9.95. The van der Waals surface area contributed by atoms with Gasteiger partial charge in [-0.05, 0) is 24.3 Å². The Hall–Kier alpha value is -2.03. The number of carbonyl (C=O) groups excluding carboxylic acids is 1. The third-order valence-corrected chi connectivity index (χ3v) is 7.08. The highest BCUT2D eigenvalue weighted by Gasteiger charge is 2.45. The van der Waals surface area contributed by atoms with Crippen molar-refractivity contribution >= 4 is 27.6 Å². The number of benzene rings is 2. The Labute approximate surface area is 166 Å². The van der Waals surface area contributed by atoms with Crippen LogP contribution in [0.3, 0.4) is 0 Å². The van der Waals surface area contributed by atoms with Gasteiger partial charge in [-0.3, -0.25) is 0 Å². The van der Waals surface area contributed by atoms with Crippen molar-refractivity contribution in [3.05, 3.63) is 53.3 Å². The maximum absolute atomic E-state index is 14.6. The maximum Gasteiger partial charge on any atom is 0.343 e. The van der Waals surface area contributed by atoms with Crippen molar-refractivity contribution in [3.8, 4) is 11.1 Å². The summed E-state index contributed by atoms with van der Waals surface area (Å²) in [5.41, 5.74) is -1.72. The molecule has 1 saturated heterocycles. The molecule has 0 aromatic heterocycles. The van der Waals surface area contributed by atoms with Crippen LogP contribution in [0.15, 0.2) is 47.4 Å². The van der Waals surface area contributed by atoms with Crippen molar-refractivity contribution in [1.82, 2.24) is 4.31 Å². The lowest BCUT2D eigenvalue weighted by Crippen LogP contribution is -2.48. The molecule has 150 valence electrons. The molecule has 0 unspecified atom stereocenters. The van der Waals surface area contributed by atoms with E-state index in [9.17, 15) is 22.0 Å². The summed E-state index contributed by atoms with van der Waals surface area (Å²) in [6.07, 6.45) is -0.636. The number of sulfonamides is 1. The highest BCUT2D eigenvalue weighted by Crippen LogP contribution is 2.37. The Kier molecular flexibility index (Phi) is 5.74. The molecule has 1 heterocycles. The number of alkyl halides is 1. The molecule has 0 radical (unpaired) electrons. The van der Waals surface area contributed by atoms with Crippen LogP contribution in [-0.2, 0) is 19.6 Å². The molecule has 0 bridgehead atoms. The molecular formula is C19H18ClF2NO4S. The summed E-state index contributed by atoms with van der Waals surface area (Å²) in [5, 5.41) is 0.275. The summed E-state index contributed by atoms with van der Waals surface area (Å²) in [6, 6.07) is 9.83. The fourth-order valence-electron chi connectivity index (χ4n) is 3.22. The van der Waals surface area contributed by atoms with E-state index in [0.29, 0.717) is 5.56 Å². The van der Waals surface area contributed by atoms with E-state index in [1.807, 2.05) is 0 Å². The minimum atomic E-state index is -4.07. The molecule has 2 aromatic carbocycles. The molecule has 0 atom stereocenters. The molecule has 1 aliphatic heterocycles. The minimum Gasteiger partial charge on any atom is -0.467 e. The number of piperidine rings is 1. The number of nitrogens with zero attached hydrogens (tertiary/aromatic N) is 1. The molecule has 0 N–H and O–H groups in total. The van der Waals surface area contributed by atoms with Gasteiger partial charge in [-0.2, -0.15) is 4.31 Å². The second-order valence-corrected chi connectivity index (χ2v) is 8.79. The van der Waals surface area contributed by atoms with E-state index >= 15 is 0 Å². The first-order valence-electron chi connectivity index (χ1n) is 8.51. The molecule has 5 nitrogen and oxygen atoms in total. The second kappa shape index (κ2) is 7.77.